The summed E-state index contributed by atoms with van der Waals surface area (Å²) in [6.07, 6.45) is 1.65. The van der Waals surface area contributed by atoms with E-state index in [0.717, 1.165) is 42.9 Å². The molecule has 122 valence electrons. The monoisotopic (exact) mass is 314 g/mol. The summed E-state index contributed by atoms with van der Waals surface area (Å²) in [6.45, 7) is 8.77. The Bertz CT molecular complexity index is 716. The third-order valence-electron chi connectivity index (χ3n) is 3.72. The summed E-state index contributed by atoms with van der Waals surface area (Å²) in [5.41, 5.74) is 1.91. The van der Waals surface area contributed by atoms with Crippen molar-refractivity contribution in [1.29, 1.82) is 0 Å². The Kier molecular flexibility index (Phi) is 4.22. The van der Waals surface area contributed by atoms with Crippen molar-refractivity contribution in [2.75, 3.05) is 31.2 Å². The van der Waals surface area contributed by atoms with E-state index in [1.165, 1.54) is 0 Å². The molecule has 5 heteroatoms. The molecule has 2 aromatic rings. The van der Waals surface area contributed by atoms with Crippen molar-refractivity contribution >= 4 is 22.6 Å². The molecular formula is C18H22N2O3. The summed E-state index contributed by atoms with van der Waals surface area (Å²) < 4.78 is 10.9. The van der Waals surface area contributed by atoms with Gasteiger partial charge in [-0.15, -0.1) is 0 Å². The molecule has 0 saturated carbocycles. The van der Waals surface area contributed by atoms with Crippen molar-refractivity contribution in [2.24, 2.45) is 0 Å². The third-order valence-corrected chi connectivity index (χ3v) is 3.72. The van der Waals surface area contributed by atoms with Crippen LogP contribution < -0.4 is 4.90 Å². The summed E-state index contributed by atoms with van der Waals surface area (Å²) in [6, 6.07) is 7.74. The Labute approximate surface area is 136 Å². The van der Waals surface area contributed by atoms with Gasteiger partial charge in [-0.25, -0.2) is 4.79 Å². The number of fused-ring (bicyclic) bond motifs is 1. The fourth-order valence-corrected chi connectivity index (χ4v) is 2.66. The minimum Gasteiger partial charge on any atom is -0.456 e. The highest BCUT2D eigenvalue weighted by Gasteiger charge is 2.20. The van der Waals surface area contributed by atoms with E-state index in [2.05, 4.69) is 9.88 Å². The van der Waals surface area contributed by atoms with E-state index < -0.39 is 5.60 Å². The van der Waals surface area contributed by atoms with E-state index in [4.69, 9.17) is 9.47 Å². The summed E-state index contributed by atoms with van der Waals surface area (Å²) >= 11 is 0. The molecule has 0 N–H and O–H groups in total. The second kappa shape index (κ2) is 6.16. The summed E-state index contributed by atoms with van der Waals surface area (Å²) in [4.78, 5) is 19.1. The van der Waals surface area contributed by atoms with E-state index in [1.54, 1.807) is 12.3 Å². The lowest BCUT2D eigenvalue weighted by Gasteiger charge is -2.29. The lowest BCUT2D eigenvalue weighted by Crippen LogP contribution is -2.36. The normalized spacial score (nSPS) is 15.7. The van der Waals surface area contributed by atoms with Gasteiger partial charge in [0, 0.05) is 30.4 Å². The molecule has 1 aromatic carbocycles. The van der Waals surface area contributed by atoms with Gasteiger partial charge in [0.2, 0.25) is 0 Å². The van der Waals surface area contributed by atoms with Crippen LogP contribution in [-0.2, 0) is 9.47 Å². The maximum Gasteiger partial charge on any atom is 0.339 e. The first-order chi connectivity index (χ1) is 10.9. The molecule has 23 heavy (non-hydrogen) atoms. The van der Waals surface area contributed by atoms with Gasteiger partial charge in [-0.2, -0.15) is 0 Å². The van der Waals surface area contributed by atoms with Gasteiger partial charge in [0.25, 0.3) is 0 Å². The molecule has 1 saturated heterocycles. The number of hydrogen-bond acceptors (Lipinski definition) is 5. The lowest BCUT2D eigenvalue weighted by molar-refractivity contribution is 0.00718. The highest BCUT2D eigenvalue weighted by Crippen LogP contribution is 2.26. The number of morpholine rings is 1. The van der Waals surface area contributed by atoms with Crippen molar-refractivity contribution in [3.05, 3.63) is 36.0 Å². The smallest absolute Gasteiger partial charge is 0.339 e. The maximum atomic E-state index is 12.5. The number of aromatic nitrogens is 1. The maximum absolute atomic E-state index is 12.5. The van der Waals surface area contributed by atoms with Crippen LogP contribution in [0.4, 0.5) is 5.69 Å². The number of hydrogen-bond donors (Lipinski definition) is 0. The van der Waals surface area contributed by atoms with Gasteiger partial charge in [-0.3, -0.25) is 4.98 Å². The first-order valence-electron chi connectivity index (χ1n) is 7.89. The molecule has 5 nitrogen and oxygen atoms in total. The predicted octanol–water partition coefficient (Wildman–Crippen LogP) is 3.03. The minimum atomic E-state index is -0.519. The molecule has 0 aliphatic carbocycles. The van der Waals surface area contributed by atoms with Gasteiger partial charge in [0.05, 0.1) is 24.3 Å². The van der Waals surface area contributed by atoms with Crippen LogP contribution in [0.15, 0.2) is 30.5 Å². The minimum absolute atomic E-state index is 0.316. The van der Waals surface area contributed by atoms with Crippen molar-refractivity contribution in [1.82, 2.24) is 4.98 Å². The molecule has 2 heterocycles. The molecule has 0 spiro atoms. The molecule has 1 aliphatic rings. The molecule has 1 fully saturated rings. The summed E-state index contributed by atoms with van der Waals surface area (Å²) in [5.74, 6) is -0.316. The van der Waals surface area contributed by atoms with E-state index in [0.29, 0.717) is 5.56 Å². The molecule has 0 bridgehead atoms. The number of anilines is 1. The number of carbonyl (C=O) groups excluding carboxylic acids is 1. The van der Waals surface area contributed by atoms with E-state index >= 15 is 0 Å². The Balaban J connectivity index is 1.99. The molecule has 0 amide bonds. The number of nitrogens with zero attached hydrogens (tertiary/aromatic N) is 2. The zero-order valence-electron chi connectivity index (χ0n) is 13.8. The molecule has 1 aliphatic heterocycles. The first-order valence-corrected chi connectivity index (χ1v) is 7.89. The van der Waals surface area contributed by atoms with Crippen molar-refractivity contribution < 1.29 is 14.3 Å². The number of rotatable bonds is 2. The predicted molar refractivity (Wildman–Crippen MR) is 89.9 cm³/mol. The van der Waals surface area contributed by atoms with Gasteiger partial charge >= 0.3 is 5.97 Å². The van der Waals surface area contributed by atoms with Crippen LogP contribution >= 0.6 is 0 Å². The zero-order chi connectivity index (χ0) is 16.4. The van der Waals surface area contributed by atoms with Crippen LogP contribution in [-0.4, -0.2) is 42.9 Å². The Morgan fingerprint density at radius 3 is 2.65 bits per heavy atom. The number of ether oxygens (including phenoxy) is 2. The largest absolute Gasteiger partial charge is 0.456 e. The molecule has 0 atom stereocenters. The van der Waals surface area contributed by atoms with Crippen LogP contribution in [0.5, 0.6) is 0 Å². The lowest BCUT2D eigenvalue weighted by atomic mass is 10.1. The number of benzene rings is 1. The quantitative estimate of drug-likeness (QED) is 0.798. The molecule has 3 rings (SSSR count). The molecular weight excluding hydrogens is 292 g/mol. The molecule has 1 aromatic heterocycles. The average molecular weight is 314 g/mol. The van der Waals surface area contributed by atoms with Gasteiger partial charge in [-0.05, 0) is 45.0 Å². The topological polar surface area (TPSA) is 51.7 Å². The standard InChI is InChI=1S/C18H22N2O3/c1-18(2,3)23-17(21)14-6-7-19-16-5-4-13(12-15(14)16)20-8-10-22-11-9-20/h4-7,12H,8-11H2,1-3H3. The number of carbonyl (C=O) groups is 1. The fourth-order valence-electron chi connectivity index (χ4n) is 2.66. The molecule has 0 unspecified atom stereocenters. The fraction of sp³-hybridized carbons (Fsp3) is 0.444. The number of pyridine rings is 1. The van der Waals surface area contributed by atoms with E-state index in [1.807, 2.05) is 39.0 Å². The van der Waals surface area contributed by atoms with E-state index in [-0.39, 0.29) is 5.97 Å². The van der Waals surface area contributed by atoms with Crippen LogP contribution in [0.3, 0.4) is 0 Å². The molecule has 0 radical (unpaired) electrons. The second-order valence-electron chi connectivity index (χ2n) is 6.66. The van der Waals surface area contributed by atoms with Gasteiger partial charge < -0.3 is 14.4 Å². The SMILES string of the molecule is CC(C)(C)OC(=O)c1ccnc2ccc(N3CCOCC3)cc12. The van der Waals surface area contributed by atoms with Crippen molar-refractivity contribution in [3.63, 3.8) is 0 Å². The van der Waals surface area contributed by atoms with Crippen molar-refractivity contribution in [3.8, 4) is 0 Å². The van der Waals surface area contributed by atoms with Gasteiger partial charge in [-0.1, -0.05) is 0 Å². The Morgan fingerprint density at radius 1 is 1.22 bits per heavy atom. The Morgan fingerprint density at radius 2 is 1.96 bits per heavy atom. The summed E-state index contributed by atoms with van der Waals surface area (Å²) in [5, 5.41) is 0.825. The third kappa shape index (κ3) is 3.62. The van der Waals surface area contributed by atoms with Gasteiger partial charge in [0.15, 0.2) is 0 Å². The Hall–Kier alpha value is -2.14. The van der Waals surface area contributed by atoms with Crippen LogP contribution in [0.25, 0.3) is 10.9 Å². The van der Waals surface area contributed by atoms with Gasteiger partial charge in [0.1, 0.15) is 5.60 Å². The number of esters is 1. The second-order valence-corrected chi connectivity index (χ2v) is 6.66. The summed E-state index contributed by atoms with van der Waals surface area (Å²) in [7, 11) is 0. The highest BCUT2D eigenvalue weighted by atomic mass is 16.6. The van der Waals surface area contributed by atoms with Crippen LogP contribution in [0.2, 0.25) is 0 Å². The highest BCUT2D eigenvalue weighted by molar-refractivity contribution is 6.04. The van der Waals surface area contributed by atoms with Crippen molar-refractivity contribution in [2.45, 2.75) is 26.4 Å². The average Bonchev–Trinajstić information content (AvgIpc) is 2.53. The van der Waals surface area contributed by atoms with Crippen LogP contribution in [0.1, 0.15) is 31.1 Å². The first kappa shape index (κ1) is 15.7. The van der Waals surface area contributed by atoms with E-state index in [9.17, 15) is 4.79 Å². The van der Waals surface area contributed by atoms with Crippen LogP contribution in [0, 0.1) is 0 Å². The zero-order valence-corrected chi connectivity index (χ0v) is 13.8.